The summed E-state index contributed by atoms with van der Waals surface area (Å²) < 4.78 is 31.6. The predicted molar refractivity (Wildman–Crippen MR) is 93.5 cm³/mol. The third-order valence-corrected chi connectivity index (χ3v) is 5.29. The molecule has 1 aliphatic heterocycles. The fraction of sp³-hybridized carbons (Fsp3) is 0.789. The zero-order valence-corrected chi connectivity index (χ0v) is 15.5. The molecule has 1 saturated heterocycles. The van der Waals surface area contributed by atoms with Crippen LogP contribution >= 0.6 is 0 Å². The van der Waals surface area contributed by atoms with Gasteiger partial charge in [-0.15, -0.1) is 12.3 Å². The molecule has 0 spiro atoms. The van der Waals surface area contributed by atoms with Gasteiger partial charge < -0.3 is 15.0 Å². The van der Waals surface area contributed by atoms with Gasteiger partial charge in [-0.25, -0.2) is 8.78 Å². The van der Waals surface area contributed by atoms with Crippen molar-refractivity contribution in [3.63, 3.8) is 0 Å². The normalized spacial score (nSPS) is 24.7. The maximum Gasteiger partial charge on any atom is 0.254 e. The summed E-state index contributed by atoms with van der Waals surface area (Å²) in [6, 6.07) is 0. The summed E-state index contributed by atoms with van der Waals surface area (Å²) in [5.74, 6) is -1.17. The first kappa shape index (κ1) is 20.6. The number of alkyl halides is 2. The van der Waals surface area contributed by atoms with E-state index in [-0.39, 0.29) is 24.5 Å². The third-order valence-electron chi connectivity index (χ3n) is 5.29. The summed E-state index contributed by atoms with van der Waals surface area (Å²) in [5, 5.41) is 2.55. The van der Waals surface area contributed by atoms with E-state index in [2.05, 4.69) is 11.2 Å². The van der Waals surface area contributed by atoms with E-state index in [0.717, 1.165) is 26.2 Å². The van der Waals surface area contributed by atoms with Gasteiger partial charge in [-0.2, -0.15) is 0 Å². The van der Waals surface area contributed by atoms with E-state index in [0.29, 0.717) is 26.1 Å². The van der Waals surface area contributed by atoms with Crippen molar-refractivity contribution in [3.8, 4) is 12.3 Å². The smallest absolute Gasteiger partial charge is 0.254 e. The number of carbonyl (C=O) groups excluding carboxylic acids is 2. The second-order valence-electron chi connectivity index (χ2n) is 7.53. The van der Waals surface area contributed by atoms with Gasteiger partial charge in [0.05, 0.1) is 17.9 Å². The lowest BCUT2D eigenvalue weighted by atomic mass is 9.66. The Kier molecular flexibility index (Phi) is 6.62. The minimum Gasteiger partial charge on any atom is -0.376 e. The number of carbonyl (C=O) groups is 2. The Labute approximate surface area is 153 Å². The highest BCUT2D eigenvalue weighted by molar-refractivity contribution is 5.84. The number of ether oxygens (including phenoxy) is 1. The molecule has 0 aromatic rings. The molecule has 0 aromatic carbocycles. The molecule has 1 heterocycles. The monoisotopic (exact) mass is 370 g/mol. The molecule has 26 heavy (non-hydrogen) atoms. The van der Waals surface area contributed by atoms with Crippen LogP contribution in [0.15, 0.2) is 0 Å². The molecule has 2 fully saturated rings. The standard InChI is InChI=1S/C19H28F2N2O3/c1-4-7-19(8-6-9-19)17(25)23-12-14(15(13-23)26-5-2)11-22-16(24)10-18(3,20)21/h1,14-15H,5-13H2,2-3H3,(H,22,24)/t14-,15-/m1/s1. The summed E-state index contributed by atoms with van der Waals surface area (Å²) in [7, 11) is 0. The number of hydrogen-bond donors (Lipinski definition) is 1. The Balaban J connectivity index is 1.96. The molecule has 146 valence electrons. The van der Waals surface area contributed by atoms with Crippen molar-refractivity contribution in [3.05, 3.63) is 0 Å². The quantitative estimate of drug-likeness (QED) is 0.667. The molecule has 2 amide bonds. The number of nitrogens with one attached hydrogen (secondary N) is 1. The van der Waals surface area contributed by atoms with Crippen molar-refractivity contribution in [2.24, 2.45) is 11.3 Å². The molecular formula is C19H28F2N2O3. The molecule has 1 N–H and O–H groups in total. The predicted octanol–water partition coefficient (Wildman–Crippen LogP) is 2.20. The molecule has 0 bridgehead atoms. The lowest BCUT2D eigenvalue weighted by Gasteiger charge is -2.41. The Hall–Kier alpha value is -1.68. The lowest BCUT2D eigenvalue weighted by molar-refractivity contribution is -0.146. The van der Waals surface area contributed by atoms with Crippen LogP contribution in [0, 0.1) is 23.7 Å². The summed E-state index contributed by atoms with van der Waals surface area (Å²) >= 11 is 0. The average molecular weight is 370 g/mol. The number of likely N-dealkylation sites (tertiary alicyclic amines) is 1. The van der Waals surface area contributed by atoms with Crippen LogP contribution < -0.4 is 5.32 Å². The van der Waals surface area contributed by atoms with Crippen LogP contribution in [0.2, 0.25) is 0 Å². The Bertz CT molecular complexity index is 564. The molecule has 0 radical (unpaired) electrons. The van der Waals surface area contributed by atoms with Gasteiger partial charge in [-0.1, -0.05) is 6.42 Å². The van der Waals surface area contributed by atoms with Crippen molar-refractivity contribution in [2.45, 2.75) is 58.0 Å². The molecule has 1 aliphatic carbocycles. The molecule has 7 heteroatoms. The minimum absolute atomic E-state index is 0.0559. The molecular weight excluding hydrogens is 342 g/mol. The summed E-state index contributed by atoms with van der Waals surface area (Å²) in [6.45, 7) is 4.17. The highest BCUT2D eigenvalue weighted by Crippen LogP contribution is 2.46. The number of terminal acetylenes is 1. The van der Waals surface area contributed by atoms with Crippen LogP contribution in [0.5, 0.6) is 0 Å². The van der Waals surface area contributed by atoms with E-state index in [1.807, 2.05) is 6.92 Å². The van der Waals surface area contributed by atoms with Gasteiger partial charge in [-0.05, 0) is 26.7 Å². The average Bonchev–Trinajstić information content (AvgIpc) is 2.90. The Morgan fingerprint density at radius 3 is 2.58 bits per heavy atom. The molecule has 5 nitrogen and oxygen atoms in total. The molecule has 2 rings (SSSR count). The lowest BCUT2D eigenvalue weighted by Crippen LogP contribution is -2.47. The molecule has 0 aromatic heterocycles. The largest absolute Gasteiger partial charge is 0.376 e. The zero-order valence-electron chi connectivity index (χ0n) is 15.5. The van der Waals surface area contributed by atoms with Crippen LogP contribution in [0.25, 0.3) is 0 Å². The van der Waals surface area contributed by atoms with Crippen molar-refractivity contribution >= 4 is 11.8 Å². The second kappa shape index (κ2) is 8.34. The molecule has 1 saturated carbocycles. The van der Waals surface area contributed by atoms with Crippen LogP contribution in [-0.2, 0) is 14.3 Å². The van der Waals surface area contributed by atoms with Gasteiger partial charge in [0.25, 0.3) is 5.92 Å². The second-order valence-corrected chi connectivity index (χ2v) is 7.53. The van der Waals surface area contributed by atoms with E-state index in [4.69, 9.17) is 11.2 Å². The number of hydrogen-bond acceptors (Lipinski definition) is 3. The fourth-order valence-corrected chi connectivity index (χ4v) is 3.80. The maximum absolute atomic E-state index is 12.9. The summed E-state index contributed by atoms with van der Waals surface area (Å²) in [5.41, 5.74) is -0.450. The first-order chi connectivity index (χ1) is 12.2. The van der Waals surface area contributed by atoms with Crippen molar-refractivity contribution in [1.29, 1.82) is 0 Å². The van der Waals surface area contributed by atoms with E-state index in [1.54, 1.807) is 4.90 Å². The number of rotatable bonds is 8. The Morgan fingerprint density at radius 1 is 1.38 bits per heavy atom. The number of nitrogens with zero attached hydrogens (tertiary/aromatic N) is 1. The van der Waals surface area contributed by atoms with Gasteiger partial charge in [0.1, 0.15) is 0 Å². The van der Waals surface area contributed by atoms with Crippen molar-refractivity contribution in [1.82, 2.24) is 10.2 Å². The van der Waals surface area contributed by atoms with E-state index in [1.165, 1.54) is 0 Å². The van der Waals surface area contributed by atoms with Gasteiger partial charge in [0.2, 0.25) is 11.8 Å². The van der Waals surface area contributed by atoms with Crippen LogP contribution in [0.3, 0.4) is 0 Å². The van der Waals surface area contributed by atoms with E-state index < -0.39 is 23.7 Å². The first-order valence-electron chi connectivity index (χ1n) is 9.20. The SMILES string of the molecule is C#CCC1(C(=O)N2C[C@@H](CNC(=O)CC(C)(F)F)[C@H](OCC)C2)CCC1. The number of halogens is 2. The van der Waals surface area contributed by atoms with E-state index >= 15 is 0 Å². The number of amides is 2. The van der Waals surface area contributed by atoms with Crippen LogP contribution in [0.4, 0.5) is 8.78 Å². The highest BCUT2D eigenvalue weighted by atomic mass is 19.3. The van der Waals surface area contributed by atoms with Gasteiger partial charge >= 0.3 is 0 Å². The third kappa shape index (κ3) is 4.94. The zero-order chi connectivity index (χ0) is 19.4. The molecule has 2 atom stereocenters. The van der Waals surface area contributed by atoms with Crippen LogP contribution in [0.1, 0.15) is 46.0 Å². The highest BCUT2D eigenvalue weighted by Gasteiger charge is 2.48. The topological polar surface area (TPSA) is 58.6 Å². The van der Waals surface area contributed by atoms with Crippen molar-refractivity contribution in [2.75, 3.05) is 26.2 Å². The van der Waals surface area contributed by atoms with Gasteiger partial charge in [-0.3, -0.25) is 9.59 Å². The van der Waals surface area contributed by atoms with Crippen LogP contribution in [-0.4, -0.2) is 55.0 Å². The van der Waals surface area contributed by atoms with E-state index in [9.17, 15) is 18.4 Å². The maximum atomic E-state index is 12.9. The van der Waals surface area contributed by atoms with Crippen molar-refractivity contribution < 1.29 is 23.1 Å². The Morgan fingerprint density at radius 2 is 2.08 bits per heavy atom. The van der Waals surface area contributed by atoms with Gasteiger partial charge in [0, 0.05) is 38.6 Å². The first-order valence-corrected chi connectivity index (χ1v) is 9.20. The van der Waals surface area contributed by atoms with Gasteiger partial charge in [0.15, 0.2) is 0 Å². The summed E-state index contributed by atoms with van der Waals surface area (Å²) in [4.78, 5) is 26.4. The minimum atomic E-state index is -3.03. The molecule has 2 aliphatic rings. The molecule has 0 unspecified atom stereocenters. The summed E-state index contributed by atoms with van der Waals surface area (Å²) in [6.07, 6.45) is 7.43. The fourth-order valence-electron chi connectivity index (χ4n) is 3.80.